The van der Waals surface area contributed by atoms with Crippen LogP contribution in [0.2, 0.25) is 0 Å². The molecule has 2 rings (SSSR count). The van der Waals surface area contributed by atoms with Crippen molar-refractivity contribution in [1.29, 1.82) is 0 Å². The molecular weight excluding hydrogens is 180 g/mol. The van der Waals surface area contributed by atoms with Crippen LogP contribution in [-0.4, -0.2) is 15.3 Å². The highest BCUT2D eigenvalue weighted by Crippen LogP contribution is 2.08. The maximum atomic E-state index is 8.84. The molecule has 1 heterocycles. The monoisotopic (exact) mass is 190 g/mol. The van der Waals surface area contributed by atoms with Crippen LogP contribution < -0.4 is 0 Å². The van der Waals surface area contributed by atoms with Gasteiger partial charge in [0.05, 0.1) is 13.0 Å². The number of hydrogen-bond donors (Lipinski definition) is 1. The number of rotatable bonds is 3. The van der Waals surface area contributed by atoms with Gasteiger partial charge in [0, 0.05) is 0 Å². The average molecular weight is 190 g/mol. The molecule has 0 spiro atoms. The third-order valence-corrected chi connectivity index (χ3v) is 1.97. The molecule has 1 N–H and O–H groups in total. The van der Waals surface area contributed by atoms with Crippen LogP contribution in [0, 0.1) is 0 Å². The summed E-state index contributed by atoms with van der Waals surface area (Å²) in [6, 6.07) is 7.64. The van der Waals surface area contributed by atoms with Gasteiger partial charge in [-0.05, 0) is 11.1 Å². The van der Waals surface area contributed by atoms with E-state index in [9.17, 15) is 0 Å². The molecule has 4 nitrogen and oxygen atoms in total. The Balaban J connectivity index is 2.10. The van der Waals surface area contributed by atoms with E-state index in [1.165, 1.54) is 6.39 Å². The number of aliphatic hydroxyl groups excluding tert-OH is 1. The second-order valence-electron chi connectivity index (χ2n) is 2.98. The molecule has 0 saturated heterocycles. The van der Waals surface area contributed by atoms with E-state index in [1.807, 2.05) is 24.3 Å². The van der Waals surface area contributed by atoms with Crippen molar-refractivity contribution < 1.29 is 9.52 Å². The molecule has 0 bridgehead atoms. The minimum atomic E-state index is 0.0703. The lowest BCUT2D eigenvalue weighted by atomic mass is 10.1. The fraction of sp³-hybridized carbons (Fsp3) is 0.200. The summed E-state index contributed by atoms with van der Waals surface area (Å²) in [7, 11) is 0. The molecule has 1 aromatic heterocycles. The van der Waals surface area contributed by atoms with E-state index < -0.39 is 0 Å². The van der Waals surface area contributed by atoms with Crippen LogP contribution in [0.15, 0.2) is 35.1 Å². The zero-order valence-corrected chi connectivity index (χ0v) is 7.55. The van der Waals surface area contributed by atoms with Gasteiger partial charge < -0.3 is 9.52 Å². The lowest BCUT2D eigenvalue weighted by Gasteiger charge is -1.98. The molecule has 2 aromatic rings. The van der Waals surface area contributed by atoms with Crippen molar-refractivity contribution in [3.63, 3.8) is 0 Å². The van der Waals surface area contributed by atoms with E-state index >= 15 is 0 Å². The fourth-order valence-electron chi connectivity index (χ4n) is 1.21. The molecule has 1 aromatic carbocycles. The highest BCUT2D eigenvalue weighted by molar-refractivity contribution is 5.23. The van der Waals surface area contributed by atoms with Crippen LogP contribution in [0.5, 0.6) is 0 Å². The lowest BCUT2D eigenvalue weighted by molar-refractivity contribution is 0.282. The number of aromatic nitrogens is 2. The van der Waals surface area contributed by atoms with E-state index in [2.05, 4.69) is 10.2 Å². The molecule has 0 amide bonds. The molecule has 14 heavy (non-hydrogen) atoms. The van der Waals surface area contributed by atoms with E-state index in [4.69, 9.17) is 9.52 Å². The van der Waals surface area contributed by atoms with Gasteiger partial charge in [-0.3, -0.25) is 0 Å². The van der Waals surface area contributed by atoms with Gasteiger partial charge in [-0.2, -0.15) is 0 Å². The fourth-order valence-corrected chi connectivity index (χ4v) is 1.21. The molecule has 0 aliphatic carbocycles. The molecule has 0 radical (unpaired) electrons. The van der Waals surface area contributed by atoms with Gasteiger partial charge in [0.2, 0.25) is 12.3 Å². The van der Waals surface area contributed by atoms with Crippen molar-refractivity contribution in [1.82, 2.24) is 10.2 Å². The van der Waals surface area contributed by atoms with Crippen molar-refractivity contribution in [3.05, 3.63) is 47.7 Å². The number of hydrogen-bond acceptors (Lipinski definition) is 4. The second kappa shape index (κ2) is 4.02. The lowest BCUT2D eigenvalue weighted by Crippen LogP contribution is -1.89. The van der Waals surface area contributed by atoms with Crippen LogP contribution >= 0.6 is 0 Å². The number of nitrogens with zero attached hydrogens (tertiary/aromatic N) is 2. The number of benzene rings is 1. The first-order valence-electron chi connectivity index (χ1n) is 4.32. The Labute approximate surface area is 81.2 Å². The second-order valence-corrected chi connectivity index (χ2v) is 2.98. The van der Waals surface area contributed by atoms with Crippen LogP contribution in [0.1, 0.15) is 17.0 Å². The van der Waals surface area contributed by atoms with Crippen LogP contribution in [0.3, 0.4) is 0 Å². The van der Waals surface area contributed by atoms with Gasteiger partial charge in [0.15, 0.2) is 0 Å². The number of aliphatic hydroxyl groups is 1. The first-order chi connectivity index (χ1) is 6.88. The predicted molar refractivity (Wildman–Crippen MR) is 49.5 cm³/mol. The molecule has 72 valence electrons. The Morgan fingerprint density at radius 2 is 1.86 bits per heavy atom. The van der Waals surface area contributed by atoms with E-state index in [1.54, 1.807) is 0 Å². The van der Waals surface area contributed by atoms with E-state index in [0.29, 0.717) is 12.3 Å². The molecule has 0 atom stereocenters. The summed E-state index contributed by atoms with van der Waals surface area (Å²) in [6.45, 7) is 0.0703. The van der Waals surface area contributed by atoms with Crippen molar-refractivity contribution in [2.75, 3.05) is 0 Å². The summed E-state index contributed by atoms with van der Waals surface area (Å²) >= 11 is 0. The molecule has 0 unspecified atom stereocenters. The predicted octanol–water partition coefficient (Wildman–Crippen LogP) is 1.15. The SMILES string of the molecule is OCc1ccc(Cc2nnco2)cc1. The largest absolute Gasteiger partial charge is 0.428 e. The van der Waals surface area contributed by atoms with Crippen molar-refractivity contribution >= 4 is 0 Å². The van der Waals surface area contributed by atoms with Gasteiger partial charge in [-0.15, -0.1) is 10.2 Å². The highest BCUT2D eigenvalue weighted by atomic mass is 16.4. The Morgan fingerprint density at radius 3 is 2.43 bits per heavy atom. The maximum Gasteiger partial charge on any atom is 0.220 e. The zero-order valence-electron chi connectivity index (χ0n) is 7.55. The molecule has 0 saturated carbocycles. The summed E-state index contributed by atoms with van der Waals surface area (Å²) in [6.07, 6.45) is 1.95. The van der Waals surface area contributed by atoms with Crippen molar-refractivity contribution in [2.45, 2.75) is 13.0 Å². The van der Waals surface area contributed by atoms with Gasteiger partial charge in [0.25, 0.3) is 0 Å². The van der Waals surface area contributed by atoms with Crippen LogP contribution in [0.25, 0.3) is 0 Å². The Hall–Kier alpha value is -1.68. The quantitative estimate of drug-likeness (QED) is 0.788. The molecule has 4 heteroatoms. The third kappa shape index (κ3) is 1.97. The summed E-state index contributed by atoms with van der Waals surface area (Å²) in [5.74, 6) is 0.599. The van der Waals surface area contributed by atoms with Crippen molar-refractivity contribution in [2.24, 2.45) is 0 Å². The smallest absolute Gasteiger partial charge is 0.220 e. The van der Waals surface area contributed by atoms with Gasteiger partial charge in [-0.1, -0.05) is 24.3 Å². The van der Waals surface area contributed by atoms with Gasteiger partial charge in [0.1, 0.15) is 0 Å². The third-order valence-electron chi connectivity index (χ3n) is 1.97. The van der Waals surface area contributed by atoms with Gasteiger partial charge >= 0.3 is 0 Å². The zero-order chi connectivity index (χ0) is 9.80. The van der Waals surface area contributed by atoms with E-state index in [0.717, 1.165) is 11.1 Å². The minimum absolute atomic E-state index is 0.0703. The first kappa shape index (κ1) is 8.90. The summed E-state index contributed by atoms with van der Waals surface area (Å²) in [4.78, 5) is 0. The summed E-state index contributed by atoms with van der Waals surface area (Å²) < 4.78 is 5.02. The minimum Gasteiger partial charge on any atom is -0.428 e. The Kier molecular flexibility index (Phi) is 2.55. The van der Waals surface area contributed by atoms with Gasteiger partial charge in [-0.25, -0.2) is 0 Å². The highest BCUT2D eigenvalue weighted by Gasteiger charge is 2.00. The Bertz CT molecular complexity index is 381. The Morgan fingerprint density at radius 1 is 1.14 bits per heavy atom. The van der Waals surface area contributed by atoms with Crippen LogP contribution in [-0.2, 0) is 13.0 Å². The maximum absolute atomic E-state index is 8.84. The summed E-state index contributed by atoms with van der Waals surface area (Å²) in [5.41, 5.74) is 1.99. The average Bonchev–Trinajstić information content (AvgIpc) is 2.72. The molecule has 0 fully saturated rings. The normalized spacial score (nSPS) is 10.4. The van der Waals surface area contributed by atoms with Crippen molar-refractivity contribution in [3.8, 4) is 0 Å². The summed E-state index contributed by atoms with van der Waals surface area (Å²) in [5, 5.41) is 16.2. The topological polar surface area (TPSA) is 59.2 Å². The van der Waals surface area contributed by atoms with Crippen LogP contribution in [0.4, 0.5) is 0 Å². The standard InChI is InChI=1S/C10H10N2O2/c13-6-9-3-1-8(2-4-9)5-10-12-11-7-14-10/h1-4,7,13H,5-6H2. The molecule has 0 aliphatic heterocycles. The molecule has 0 aliphatic rings. The molecular formula is C10H10N2O2. The first-order valence-corrected chi connectivity index (χ1v) is 4.32. The van der Waals surface area contributed by atoms with E-state index in [-0.39, 0.29) is 6.61 Å².